The van der Waals surface area contributed by atoms with Crippen LogP contribution in [0.15, 0.2) is 0 Å². The molecule has 1 saturated carbocycles. The Balaban J connectivity index is 1.59. The summed E-state index contributed by atoms with van der Waals surface area (Å²) in [7, 11) is 0. The number of amides is 1. The summed E-state index contributed by atoms with van der Waals surface area (Å²) < 4.78 is 5.46. The Morgan fingerprint density at radius 3 is 2.67 bits per heavy atom. The second-order valence-corrected chi connectivity index (χ2v) is 4.79. The van der Waals surface area contributed by atoms with Crippen LogP contribution in [0.25, 0.3) is 0 Å². The molecule has 1 aliphatic heterocycles. The van der Waals surface area contributed by atoms with E-state index in [2.05, 4.69) is 5.32 Å². The molecule has 0 aromatic carbocycles. The molecule has 3 heteroatoms. The molecule has 2 rings (SSSR count). The molecule has 0 radical (unpaired) electrons. The van der Waals surface area contributed by atoms with Gasteiger partial charge in [-0.05, 0) is 31.6 Å². The third kappa shape index (κ3) is 3.49. The van der Waals surface area contributed by atoms with Gasteiger partial charge in [0.25, 0.3) is 0 Å². The smallest absolute Gasteiger partial charge is 0.220 e. The van der Waals surface area contributed by atoms with Gasteiger partial charge in [0.15, 0.2) is 0 Å². The van der Waals surface area contributed by atoms with Gasteiger partial charge in [-0.1, -0.05) is 12.8 Å². The minimum Gasteiger partial charge on any atom is -0.376 e. The van der Waals surface area contributed by atoms with Crippen LogP contribution in [0, 0.1) is 5.92 Å². The quantitative estimate of drug-likeness (QED) is 0.771. The van der Waals surface area contributed by atoms with Gasteiger partial charge in [0.1, 0.15) is 0 Å². The molecule has 2 fully saturated rings. The molecular weight excluding hydrogens is 190 g/mol. The minimum absolute atomic E-state index is 0.220. The van der Waals surface area contributed by atoms with Crippen molar-refractivity contribution in [1.82, 2.24) is 5.32 Å². The van der Waals surface area contributed by atoms with E-state index < -0.39 is 0 Å². The molecule has 1 amide bonds. The van der Waals surface area contributed by atoms with Crippen molar-refractivity contribution < 1.29 is 9.53 Å². The van der Waals surface area contributed by atoms with Crippen LogP contribution >= 0.6 is 0 Å². The summed E-state index contributed by atoms with van der Waals surface area (Å²) in [5.41, 5.74) is 0. The van der Waals surface area contributed by atoms with Gasteiger partial charge in [0.2, 0.25) is 5.91 Å². The molecule has 86 valence electrons. The zero-order chi connectivity index (χ0) is 10.5. The fourth-order valence-electron chi connectivity index (χ4n) is 2.58. The van der Waals surface area contributed by atoms with Crippen molar-refractivity contribution in [1.29, 1.82) is 0 Å². The molecule has 15 heavy (non-hydrogen) atoms. The van der Waals surface area contributed by atoms with Crippen LogP contribution in [0.2, 0.25) is 0 Å². The summed E-state index contributed by atoms with van der Waals surface area (Å²) in [6.07, 6.45) is 8.35. The van der Waals surface area contributed by atoms with E-state index in [1.165, 1.54) is 25.7 Å². The van der Waals surface area contributed by atoms with E-state index in [9.17, 15) is 4.79 Å². The second-order valence-electron chi connectivity index (χ2n) is 4.79. The molecule has 0 aromatic rings. The molecule has 0 bridgehead atoms. The minimum atomic E-state index is 0.220. The molecule has 1 heterocycles. The van der Waals surface area contributed by atoms with Crippen molar-refractivity contribution in [2.45, 2.75) is 51.0 Å². The summed E-state index contributed by atoms with van der Waals surface area (Å²) in [6.45, 7) is 1.58. The lowest BCUT2D eigenvalue weighted by Crippen LogP contribution is -2.32. The van der Waals surface area contributed by atoms with Gasteiger partial charge < -0.3 is 10.1 Å². The lowest BCUT2D eigenvalue weighted by molar-refractivity contribution is -0.122. The van der Waals surface area contributed by atoms with Crippen LogP contribution in [0.3, 0.4) is 0 Å². The molecular formula is C12H21NO2. The fraction of sp³-hybridized carbons (Fsp3) is 0.917. The van der Waals surface area contributed by atoms with Gasteiger partial charge in [-0.25, -0.2) is 0 Å². The van der Waals surface area contributed by atoms with E-state index in [4.69, 9.17) is 4.74 Å². The average molecular weight is 211 g/mol. The fourth-order valence-corrected chi connectivity index (χ4v) is 2.58. The monoisotopic (exact) mass is 211 g/mol. The van der Waals surface area contributed by atoms with Crippen LogP contribution in [0.5, 0.6) is 0 Å². The maximum Gasteiger partial charge on any atom is 0.220 e. The maximum atomic E-state index is 11.6. The number of ether oxygens (including phenoxy) is 1. The van der Waals surface area contributed by atoms with Gasteiger partial charge in [-0.2, -0.15) is 0 Å². The standard InChI is InChI=1S/C12H21NO2/c14-12(8-10-4-1-2-5-10)13-9-11-6-3-7-15-11/h10-11H,1-9H2,(H,13,14)/t11-/m0/s1. The first-order chi connectivity index (χ1) is 7.34. The third-order valence-corrected chi connectivity index (χ3v) is 3.50. The third-order valence-electron chi connectivity index (χ3n) is 3.50. The second kappa shape index (κ2) is 5.50. The van der Waals surface area contributed by atoms with Crippen molar-refractivity contribution >= 4 is 5.91 Å². The van der Waals surface area contributed by atoms with Crippen molar-refractivity contribution in [3.63, 3.8) is 0 Å². The average Bonchev–Trinajstić information content (AvgIpc) is 2.86. The maximum absolute atomic E-state index is 11.6. The van der Waals surface area contributed by atoms with Gasteiger partial charge in [0.05, 0.1) is 6.10 Å². The van der Waals surface area contributed by atoms with Crippen molar-refractivity contribution in [2.24, 2.45) is 5.92 Å². The zero-order valence-electron chi connectivity index (χ0n) is 9.34. The van der Waals surface area contributed by atoms with E-state index in [1.54, 1.807) is 0 Å². The molecule has 1 N–H and O–H groups in total. The predicted molar refractivity (Wildman–Crippen MR) is 58.6 cm³/mol. The van der Waals surface area contributed by atoms with Gasteiger partial charge in [-0.15, -0.1) is 0 Å². The number of carbonyl (C=O) groups excluding carboxylic acids is 1. The molecule has 2 aliphatic rings. The van der Waals surface area contributed by atoms with Crippen LogP contribution < -0.4 is 5.32 Å². The number of carbonyl (C=O) groups is 1. The molecule has 1 saturated heterocycles. The summed E-state index contributed by atoms with van der Waals surface area (Å²) in [5, 5.41) is 2.99. The highest BCUT2D eigenvalue weighted by molar-refractivity contribution is 5.76. The van der Waals surface area contributed by atoms with E-state index in [0.29, 0.717) is 12.5 Å². The molecule has 0 unspecified atom stereocenters. The molecule has 0 spiro atoms. The largest absolute Gasteiger partial charge is 0.376 e. The summed E-state index contributed by atoms with van der Waals surface area (Å²) in [6, 6.07) is 0. The molecule has 0 aromatic heterocycles. The van der Waals surface area contributed by atoms with Crippen molar-refractivity contribution in [3.8, 4) is 0 Å². The van der Waals surface area contributed by atoms with Crippen molar-refractivity contribution in [2.75, 3.05) is 13.2 Å². The van der Waals surface area contributed by atoms with Crippen LogP contribution in [0.4, 0.5) is 0 Å². The van der Waals surface area contributed by atoms with Crippen molar-refractivity contribution in [3.05, 3.63) is 0 Å². The SMILES string of the molecule is O=C(CC1CCCC1)NC[C@@H]1CCCO1. The Morgan fingerprint density at radius 2 is 2.00 bits per heavy atom. The highest BCUT2D eigenvalue weighted by atomic mass is 16.5. The summed E-state index contributed by atoms with van der Waals surface area (Å²) in [4.78, 5) is 11.6. The van der Waals surface area contributed by atoms with Crippen LogP contribution in [0.1, 0.15) is 44.9 Å². The number of hydrogen-bond donors (Lipinski definition) is 1. The van der Waals surface area contributed by atoms with Gasteiger partial charge in [0, 0.05) is 19.6 Å². The molecule has 1 aliphatic carbocycles. The number of nitrogens with one attached hydrogen (secondary N) is 1. The lowest BCUT2D eigenvalue weighted by Gasteiger charge is -2.12. The first-order valence-electron chi connectivity index (χ1n) is 6.23. The molecule has 3 nitrogen and oxygen atoms in total. The number of rotatable bonds is 4. The summed E-state index contributed by atoms with van der Waals surface area (Å²) >= 11 is 0. The van der Waals surface area contributed by atoms with Gasteiger partial charge in [-0.3, -0.25) is 4.79 Å². The van der Waals surface area contributed by atoms with E-state index in [1.807, 2.05) is 0 Å². The predicted octanol–water partition coefficient (Wildman–Crippen LogP) is 1.86. The van der Waals surface area contributed by atoms with E-state index >= 15 is 0 Å². The first kappa shape index (κ1) is 10.9. The zero-order valence-corrected chi connectivity index (χ0v) is 9.34. The summed E-state index contributed by atoms with van der Waals surface area (Å²) in [5.74, 6) is 0.867. The van der Waals surface area contributed by atoms with Crippen LogP contribution in [-0.2, 0) is 9.53 Å². The Kier molecular flexibility index (Phi) is 4.01. The molecule has 1 atom stereocenters. The number of hydrogen-bond acceptors (Lipinski definition) is 2. The van der Waals surface area contributed by atoms with E-state index in [0.717, 1.165) is 25.9 Å². The topological polar surface area (TPSA) is 38.3 Å². The Morgan fingerprint density at radius 1 is 1.20 bits per heavy atom. The Labute approximate surface area is 91.6 Å². The Hall–Kier alpha value is -0.570. The first-order valence-corrected chi connectivity index (χ1v) is 6.23. The Bertz CT molecular complexity index is 206. The van der Waals surface area contributed by atoms with Crippen LogP contribution in [-0.4, -0.2) is 25.2 Å². The lowest BCUT2D eigenvalue weighted by atomic mass is 10.0. The van der Waals surface area contributed by atoms with E-state index in [-0.39, 0.29) is 12.0 Å². The highest BCUT2D eigenvalue weighted by Crippen LogP contribution is 2.27. The van der Waals surface area contributed by atoms with Gasteiger partial charge >= 0.3 is 0 Å². The normalized spacial score (nSPS) is 27.1. The highest BCUT2D eigenvalue weighted by Gasteiger charge is 2.20.